The zero-order valence-electron chi connectivity index (χ0n) is 17.5. The van der Waals surface area contributed by atoms with Crippen LogP contribution in [0.25, 0.3) is 34.0 Å². The molecule has 0 radical (unpaired) electrons. The monoisotopic (exact) mass is 464 g/mol. The lowest BCUT2D eigenvalue weighted by molar-refractivity contribution is -0.148. The first-order valence-corrected chi connectivity index (χ1v) is 11.4. The van der Waals surface area contributed by atoms with E-state index in [0.717, 1.165) is 31.1 Å². The van der Waals surface area contributed by atoms with Crippen molar-refractivity contribution in [1.29, 1.82) is 0 Å². The fourth-order valence-electron chi connectivity index (χ4n) is 5.41. The molecule has 4 aromatic rings. The molecular formula is C23H21ClN6O3. The van der Waals surface area contributed by atoms with Gasteiger partial charge in [0.1, 0.15) is 22.4 Å². The van der Waals surface area contributed by atoms with Gasteiger partial charge >= 0.3 is 5.97 Å². The van der Waals surface area contributed by atoms with Crippen LogP contribution >= 0.6 is 11.6 Å². The Morgan fingerprint density at radius 2 is 1.94 bits per heavy atom. The number of furan rings is 1. The van der Waals surface area contributed by atoms with Crippen molar-refractivity contribution in [3.8, 4) is 23.0 Å². The van der Waals surface area contributed by atoms with Crippen LogP contribution < -0.4 is 5.32 Å². The number of carboxylic acid groups (broad SMARTS) is 1. The molecule has 0 spiro atoms. The SMILES string of the molecule is O=C(O)[C@H]1C2CCC(CC2)[C@@H]1Nc1cc(-c2ccco2)nc(-c2[nH]nc3nc(Cl)ccc23)n1. The number of halogens is 1. The van der Waals surface area contributed by atoms with Crippen molar-refractivity contribution < 1.29 is 14.3 Å². The summed E-state index contributed by atoms with van der Waals surface area (Å²) in [6, 6.07) is 8.75. The van der Waals surface area contributed by atoms with E-state index in [4.69, 9.17) is 26.0 Å². The summed E-state index contributed by atoms with van der Waals surface area (Å²) in [5.74, 6) is 0.883. The molecule has 4 aromatic heterocycles. The molecule has 4 heterocycles. The highest BCUT2D eigenvalue weighted by molar-refractivity contribution is 6.29. The van der Waals surface area contributed by atoms with Gasteiger partial charge in [0.15, 0.2) is 17.2 Å². The molecule has 0 saturated heterocycles. The number of aliphatic carboxylic acids is 1. The van der Waals surface area contributed by atoms with Crippen LogP contribution in [0.2, 0.25) is 5.15 Å². The van der Waals surface area contributed by atoms with Crippen LogP contribution in [0.4, 0.5) is 5.82 Å². The fourth-order valence-corrected chi connectivity index (χ4v) is 5.56. The van der Waals surface area contributed by atoms with Gasteiger partial charge in [0.25, 0.3) is 0 Å². The standard InChI is InChI=1S/C23H21ClN6O3/c24-16-8-7-13-20(29-30-21(13)26-16)22-25-14(15-2-1-9-33-15)10-17(28-22)27-19-12-5-3-11(4-6-12)18(19)23(31)32/h1-2,7-12,18-19H,3-6H2,(H,31,32)(H,25,27,28)(H,26,29,30)/t11?,12?,18-,19-/m0/s1. The molecule has 0 aromatic carbocycles. The number of fused-ring (bicyclic) bond motifs is 4. The van der Waals surface area contributed by atoms with Crippen LogP contribution in [0.3, 0.4) is 0 Å². The van der Waals surface area contributed by atoms with Gasteiger partial charge in [0.05, 0.1) is 17.6 Å². The van der Waals surface area contributed by atoms with Crippen molar-refractivity contribution in [2.45, 2.75) is 31.7 Å². The topological polar surface area (TPSA) is 130 Å². The number of pyridine rings is 1. The van der Waals surface area contributed by atoms with Gasteiger partial charge < -0.3 is 14.8 Å². The van der Waals surface area contributed by atoms with Crippen LogP contribution in [0.1, 0.15) is 25.7 Å². The minimum absolute atomic E-state index is 0.179. The maximum atomic E-state index is 12.1. The molecule has 7 rings (SSSR count). The van der Waals surface area contributed by atoms with Crippen molar-refractivity contribution >= 4 is 34.4 Å². The number of hydrogen-bond acceptors (Lipinski definition) is 7. The van der Waals surface area contributed by atoms with Crippen LogP contribution in [0.5, 0.6) is 0 Å². The van der Waals surface area contributed by atoms with Gasteiger partial charge in [-0.2, -0.15) is 5.10 Å². The van der Waals surface area contributed by atoms with Gasteiger partial charge in [-0.05, 0) is 61.8 Å². The largest absolute Gasteiger partial charge is 0.481 e. The predicted molar refractivity (Wildman–Crippen MR) is 122 cm³/mol. The van der Waals surface area contributed by atoms with Crippen molar-refractivity contribution in [1.82, 2.24) is 25.1 Å². The number of aromatic nitrogens is 5. The number of carboxylic acids is 1. The summed E-state index contributed by atoms with van der Waals surface area (Å²) in [7, 11) is 0. The number of carbonyl (C=O) groups is 1. The predicted octanol–water partition coefficient (Wildman–Crippen LogP) is 4.63. The molecule has 0 aliphatic heterocycles. The summed E-state index contributed by atoms with van der Waals surface area (Å²) >= 11 is 6.00. The van der Waals surface area contributed by atoms with E-state index in [1.807, 2.05) is 12.1 Å². The third-order valence-electron chi connectivity index (χ3n) is 6.93. The van der Waals surface area contributed by atoms with Gasteiger partial charge in [-0.25, -0.2) is 15.0 Å². The Bertz CT molecular complexity index is 1330. The highest BCUT2D eigenvalue weighted by Gasteiger charge is 2.47. The lowest BCUT2D eigenvalue weighted by Gasteiger charge is -2.47. The highest BCUT2D eigenvalue weighted by atomic mass is 35.5. The van der Waals surface area contributed by atoms with Crippen LogP contribution in [-0.4, -0.2) is 42.3 Å². The molecule has 2 atom stereocenters. The Balaban J connectivity index is 1.44. The van der Waals surface area contributed by atoms with E-state index in [1.54, 1.807) is 24.5 Å². The molecule has 3 saturated carbocycles. The van der Waals surface area contributed by atoms with Gasteiger partial charge in [-0.15, -0.1) is 0 Å². The first-order valence-electron chi connectivity index (χ1n) is 11.0. The number of nitrogens with one attached hydrogen (secondary N) is 2. The molecule has 2 bridgehead atoms. The average Bonchev–Trinajstić information content (AvgIpc) is 3.49. The first kappa shape index (κ1) is 20.2. The number of anilines is 1. The summed E-state index contributed by atoms with van der Waals surface area (Å²) in [6.07, 6.45) is 5.60. The first-order chi connectivity index (χ1) is 16.1. The van der Waals surface area contributed by atoms with E-state index in [1.165, 1.54) is 0 Å². The molecule has 0 unspecified atom stereocenters. The van der Waals surface area contributed by atoms with Crippen molar-refractivity contribution in [2.75, 3.05) is 5.32 Å². The summed E-state index contributed by atoms with van der Waals surface area (Å²) in [4.78, 5) is 25.8. The number of nitrogens with zero attached hydrogens (tertiary/aromatic N) is 4. The second kappa shape index (κ2) is 7.84. The van der Waals surface area contributed by atoms with E-state index in [2.05, 4.69) is 20.5 Å². The Morgan fingerprint density at radius 1 is 1.12 bits per heavy atom. The lowest BCUT2D eigenvalue weighted by Crippen LogP contribution is -2.51. The van der Waals surface area contributed by atoms with Crippen LogP contribution in [0.15, 0.2) is 41.0 Å². The lowest BCUT2D eigenvalue weighted by atomic mass is 9.61. The Morgan fingerprint density at radius 3 is 2.70 bits per heavy atom. The molecule has 0 amide bonds. The molecule has 9 nitrogen and oxygen atoms in total. The van der Waals surface area contributed by atoms with Gasteiger partial charge in [0.2, 0.25) is 0 Å². The normalized spacial score (nSPS) is 24.3. The van der Waals surface area contributed by atoms with Gasteiger partial charge in [0, 0.05) is 12.1 Å². The van der Waals surface area contributed by atoms with Crippen molar-refractivity contribution in [2.24, 2.45) is 17.8 Å². The molecule has 3 fully saturated rings. The quantitative estimate of drug-likeness (QED) is 0.364. The Kier molecular flexibility index (Phi) is 4.79. The molecule has 3 N–H and O–H groups in total. The summed E-state index contributed by atoms with van der Waals surface area (Å²) < 4.78 is 5.58. The minimum atomic E-state index is -0.745. The van der Waals surface area contributed by atoms with E-state index in [0.29, 0.717) is 45.5 Å². The minimum Gasteiger partial charge on any atom is -0.481 e. The zero-order chi connectivity index (χ0) is 22.5. The Labute approximate surface area is 193 Å². The summed E-state index contributed by atoms with van der Waals surface area (Å²) in [5.41, 5.74) is 1.66. The number of hydrogen-bond donors (Lipinski definition) is 3. The van der Waals surface area contributed by atoms with E-state index in [9.17, 15) is 9.90 Å². The molecular weight excluding hydrogens is 444 g/mol. The third kappa shape index (κ3) is 3.52. The second-order valence-electron chi connectivity index (χ2n) is 8.75. The third-order valence-corrected chi connectivity index (χ3v) is 7.14. The van der Waals surface area contributed by atoms with E-state index in [-0.39, 0.29) is 12.0 Å². The van der Waals surface area contributed by atoms with Crippen LogP contribution in [-0.2, 0) is 4.79 Å². The van der Waals surface area contributed by atoms with Gasteiger partial charge in [-0.1, -0.05) is 11.6 Å². The molecule has 3 aliphatic carbocycles. The summed E-state index contributed by atoms with van der Waals surface area (Å²) in [6.45, 7) is 0. The molecule has 33 heavy (non-hydrogen) atoms. The zero-order valence-corrected chi connectivity index (χ0v) is 18.3. The van der Waals surface area contributed by atoms with Crippen LogP contribution in [0, 0.1) is 17.8 Å². The van der Waals surface area contributed by atoms with E-state index < -0.39 is 11.9 Å². The molecule has 10 heteroatoms. The number of H-pyrrole nitrogens is 1. The average molecular weight is 465 g/mol. The maximum absolute atomic E-state index is 12.1. The van der Waals surface area contributed by atoms with Crippen molar-refractivity contribution in [3.63, 3.8) is 0 Å². The molecule has 3 aliphatic rings. The second-order valence-corrected chi connectivity index (χ2v) is 9.14. The number of aromatic amines is 1. The smallest absolute Gasteiger partial charge is 0.308 e. The molecule has 168 valence electrons. The van der Waals surface area contributed by atoms with Gasteiger partial charge in [-0.3, -0.25) is 9.89 Å². The van der Waals surface area contributed by atoms with E-state index >= 15 is 0 Å². The summed E-state index contributed by atoms with van der Waals surface area (Å²) in [5, 5.41) is 21.7. The maximum Gasteiger partial charge on any atom is 0.308 e. The van der Waals surface area contributed by atoms with Crippen molar-refractivity contribution in [3.05, 3.63) is 41.7 Å². The Hall–Kier alpha value is -3.46. The number of rotatable bonds is 5. The fraction of sp³-hybridized carbons (Fsp3) is 0.348. The highest BCUT2D eigenvalue weighted by Crippen LogP contribution is 2.46.